The Morgan fingerprint density at radius 3 is 2.84 bits per heavy atom. The molecule has 2 aromatic heterocycles. The van der Waals surface area contributed by atoms with Crippen molar-refractivity contribution in [1.82, 2.24) is 25.7 Å². The molecule has 7 heteroatoms. The van der Waals surface area contributed by atoms with E-state index < -0.39 is 0 Å². The number of fused-ring (bicyclic) bond motifs is 1. The second kappa shape index (κ2) is 9.16. The van der Waals surface area contributed by atoms with Gasteiger partial charge in [0.2, 0.25) is 5.91 Å². The van der Waals surface area contributed by atoms with Crippen molar-refractivity contribution in [2.75, 3.05) is 11.9 Å². The van der Waals surface area contributed by atoms with Crippen LogP contribution in [0.5, 0.6) is 0 Å². The van der Waals surface area contributed by atoms with Crippen LogP contribution in [-0.4, -0.2) is 39.4 Å². The van der Waals surface area contributed by atoms with Gasteiger partial charge in [-0.1, -0.05) is 25.3 Å². The van der Waals surface area contributed by atoms with Gasteiger partial charge in [-0.2, -0.15) is 0 Å². The molecule has 2 aromatic rings. The summed E-state index contributed by atoms with van der Waals surface area (Å²) < 4.78 is 0. The smallest absolute Gasteiger partial charge is 0.241 e. The normalized spacial score (nSPS) is 27.8. The third kappa shape index (κ3) is 4.24. The summed E-state index contributed by atoms with van der Waals surface area (Å²) in [6, 6.07) is 8.43. The summed E-state index contributed by atoms with van der Waals surface area (Å²) in [6.45, 7) is 4.86. The number of hydrogen-bond acceptors (Lipinski definition) is 6. The van der Waals surface area contributed by atoms with E-state index in [9.17, 15) is 4.79 Å². The molecule has 0 spiro atoms. The maximum Gasteiger partial charge on any atom is 0.241 e. The number of hydrazine groups is 1. The molecule has 4 unspecified atom stereocenters. The van der Waals surface area contributed by atoms with E-state index in [1.165, 1.54) is 19.3 Å². The van der Waals surface area contributed by atoms with E-state index in [2.05, 4.69) is 32.1 Å². The number of carbonyl (C=O) groups is 1. The first kappa shape index (κ1) is 21.3. The third-order valence-electron chi connectivity index (χ3n) is 7.31. The van der Waals surface area contributed by atoms with Crippen LogP contribution in [0.25, 0.3) is 0 Å². The van der Waals surface area contributed by atoms with E-state index in [0.29, 0.717) is 12.0 Å². The first-order chi connectivity index (χ1) is 15.6. The second-order valence-electron chi connectivity index (χ2n) is 9.58. The number of aromatic nitrogens is 2. The van der Waals surface area contributed by atoms with Gasteiger partial charge >= 0.3 is 0 Å². The molecule has 4 atom stereocenters. The number of likely N-dealkylation sites (tertiary alicyclic amines) is 1. The Hall–Kier alpha value is -2.51. The number of aryl methyl sites for hydroxylation is 2. The lowest BCUT2D eigenvalue weighted by Gasteiger charge is -2.30. The van der Waals surface area contributed by atoms with E-state index in [-0.39, 0.29) is 18.0 Å². The minimum absolute atomic E-state index is 0.0272. The molecule has 0 radical (unpaired) electrons. The van der Waals surface area contributed by atoms with Crippen LogP contribution >= 0.6 is 0 Å². The number of amides is 1. The Bertz CT molecular complexity index is 979. The van der Waals surface area contributed by atoms with Crippen LogP contribution in [0.15, 0.2) is 30.5 Å². The van der Waals surface area contributed by atoms with Crippen LogP contribution in [0.3, 0.4) is 0 Å². The molecule has 5 rings (SSSR count). The van der Waals surface area contributed by atoms with Crippen molar-refractivity contribution in [3.05, 3.63) is 47.4 Å². The molecular formula is C25H34N6O. The highest BCUT2D eigenvalue weighted by molar-refractivity contribution is 5.83. The first-order valence-electron chi connectivity index (χ1n) is 12.1. The SMILES string of the molecule is Cc1cc(Nc2ncccc2C)cc(C2CCCN2C(=O)C2NNC3CCCCCC32)n1. The molecule has 0 bridgehead atoms. The molecule has 1 saturated carbocycles. The van der Waals surface area contributed by atoms with Gasteiger partial charge in [0.15, 0.2) is 0 Å². The minimum Gasteiger partial charge on any atom is -0.340 e. The molecular weight excluding hydrogens is 400 g/mol. The predicted octanol–water partition coefficient (Wildman–Crippen LogP) is 3.93. The molecule has 1 amide bonds. The third-order valence-corrected chi connectivity index (χ3v) is 7.31. The van der Waals surface area contributed by atoms with Gasteiger partial charge in [-0.15, -0.1) is 0 Å². The summed E-state index contributed by atoms with van der Waals surface area (Å²) in [5.74, 6) is 1.47. The molecule has 7 nitrogen and oxygen atoms in total. The van der Waals surface area contributed by atoms with Crippen LogP contribution < -0.4 is 16.2 Å². The number of hydrogen-bond donors (Lipinski definition) is 3. The van der Waals surface area contributed by atoms with Gasteiger partial charge in [0.1, 0.15) is 11.9 Å². The summed E-state index contributed by atoms with van der Waals surface area (Å²) in [7, 11) is 0. The van der Waals surface area contributed by atoms with Crippen molar-refractivity contribution in [3.63, 3.8) is 0 Å². The molecule has 1 aliphatic carbocycles. The Morgan fingerprint density at radius 2 is 1.97 bits per heavy atom. The van der Waals surface area contributed by atoms with Gasteiger partial charge in [0.05, 0.1) is 11.7 Å². The number of rotatable bonds is 4. The minimum atomic E-state index is -0.128. The van der Waals surface area contributed by atoms with E-state index in [0.717, 1.165) is 60.7 Å². The van der Waals surface area contributed by atoms with Crippen molar-refractivity contribution in [1.29, 1.82) is 0 Å². The molecule has 2 aliphatic heterocycles. The van der Waals surface area contributed by atoms with Gasteiger partial charge < -0.3 is 10.2 Å². The fourth-order valence-corrected chi connectivity index (χ4v) is 5.67. The molecule has 2 saturated heterocycles. The second-order valence-corrected chi connectivity index (χ2v) is 9.58. The summed E-state index contributed by atoms with van der Waals surface area (Å²) >= 11 is 0. The topological polar surface area (TPSA) is 82.2 Å². The van der Waals surface area contributed by atoms with E-state index >= 15 is 0 Å². The zero-order valence-corrected chi connectivity index (χ0v) is 19.1. The maximum absolute atomic E-state index is 13.7. The molecule has 170 valence electrons. The average Bonchev–Trinajstić information content (AvgIpc) is 3.36. The molecule has 3 fully saturated rings. The highest BCUT2D eigenvalue weighted by Crippen LogP contribution is 2.36. The Labute approximate surface area is 190 Å². The van der Waals surface area contributed by atoms with Crippen molar-refractivity contribution < 1.29 is 4.79 Å². The van der Waals surface area contributed by atoms with E-state index in [1.807, 2.05) is 32.0 Å². The standard InChI is InChI=1S/C25H34N6O/c1-16-8-6-12-26-24(16)28-18-14-17(2)27-21(15-18)22-11-7-13-31(22)25(32)23-19-9-4-3-5-10-20(19)29-30-23/h6,8,12,14-15,19-20,22-23,29-30H,3-5,7,9-11,13H2,1-2H3,(H,26,27,28). The van der Waals surface area contributed by atoms with Crippen LogP contribution in [0, 0.1) is 19.8 Å². The number of nitrogens with one attached hydrogen (secondary N) is 3. The summed E-state index contributed by atoms with van der Waals surface area (Å²) in [5, 5.41) is 3.44. The van der Waals surface area contributed by atoms with Crippen LogP contribution in [0.4, 0.5) is 11.5 Å². The maximum atomic E-state index is 13.7. The summed E-state index contributed by atoms with van der Waals surface area (Å²) in [5.41, 5.74) is 10.8. The quantitative estimate of drug-likeness (QED) is 0.677. The fraction of sp³-hybridized carbons (Fsp3) is 0.560. The van der Waals surface area contributed by atoms with Crippen molar-refractivity contribution in [3.8, 4) is 0 Å². The highest BCUT2D eigenvalue weighted by atomic mass is 16.2. The predicted molar refractivity (Wildman–Crippen MR) is 125 cm³/mol. The van der Waals surface area contributed by atoms with E-state index in [1.54, 1.807) is 6.20 Å². The number of pyridine rings is 2. The molecule has 0 aromatic carbocycles. The van der Waals surface area contributed by atoms with Gasteiger partial charge in [0.25, 0.3) is 0 Å². The first-order valence-corrected chi connectivity index (χ1v) is 12.1. The van der Waals surface area contributed by atoms with Gasteiger partial charge in [-0.25, -0.2) is 10.4 Å². The van der Waals surface area contributed by atoms with Crippen LogP contribution in [0.2, 0.25) is 0 Å². The molecule has 3 N–H and O–H groups in total. The van der Waals surface area contributed by atoms with Crippen molar-refractivity contribution in [2.45, 2.75) is 76.9 Å². The number of anilines is 2. The van der Waals surface area contributed by atoms with Crippen molar-refractivity contribution in [2.24, 2.45) is 5.92 Å². The number of carbonyl (C=O) groups excluding carboxylic acids is 1. The summed E-state index contributed by atoms with van der Waals surface area (Å²) in [4.78, 5) is 25.1. The lowest BCUT2D eigenvalue weighted by atomic mass is 9.89. The molecule has 4 heterocycles. The zero-order chi connectivity index (χ0) is 22.1. The average molecular weight is 435 g/mol. The Balaban J connectivity index is 1.37. The van der Waals surface area contributed by atoms with Gasteiger partial charge in [0, 0.05) is 36.1 Å². The highest BCUT2D eigenvalue weighted by Gasteiger charge is 2.44. The van der Waals surface area contributed by atoms with E-state index in [4.69, 9.17) is 4.98 Å². The van der Waals surface area contributed by atoms with Gasteiger partial charge in [-0.05, 0) is 63.3 Å². The zero-order valence-electron chi connectivity index (χ0n) is 19.1. The molecule has 3 aliphatic rings. The molecule has 32 heavy (non-hydrogen) atoms. The van der Waals surface area contributed by atoms with Crippen LogP contribution in [0.1, 0.15) is 67.9 Å². The van der Waals surface area contributed by atoms with Gasteiger partial charge in [-0.3, -0.25) is 15.2 Å². The number of nitrogens with zero attached hydrogens (tertiary/aromatic N) is 3. The lowest BCUT2D eigenvalue weighted by molar-refractivity contribution is -0.135. The Kier molecular flexibility index (Phi) is 6.11. The van der Waals surface area contributed by atoms with Crippen LogP contribution in [-0.2, 0) is 4.79 Å². The largest absolute Gasteiger partial charge is 0.340 e. The monoisotopic (exact) mass is 434 g/mol. The lowest BCUT2D eigenvalue weighted by Crippen LogP contribution is -2.47. The fourth-order valence-electron chi connectivity index (χ4n) is 5.67. The summed E-state index contributed by atoms with van der Waals surface area (Å²) in [6.07, 6.45) is 9.81. The Morgan fingerprint density at radius 1 is 1.09 bits per heavy atom. The van der Waals surface area contributed by atoms with Crippen molar-refractivity contribution >= 4 is 17.4 Å².